The average Bonchev–Trinajstić information content (AvgIpc) is 3.43. The van der Waals surface area contributed by atoms with Crippen molar-refractivity contribution in [1.82, 2.24) is 19.6 Å². The topological polar surface area (TPSA) is 113 Å². The van der Waals surface area contributed by atoms with Gasteiger partial charge in [-0.05, 0) is 65.9 Å². The minimum Gasteiger partial charge on any atom is -0.338 e. The van der Waals surface area contributed by atoms with Gasteiger partial charge in [-0.15, -0.1) is 0 Å². The maximum Gasteiger partial charge on any atom is 0.321 e. The third kappa shape index (κ3) is 7.89. The van der Waals surface area contributed by atoms with Crippen LogP contribution < -0.4 is 14.9 Å². The van der Waals surface area contributed by atoms with Crippen LogP contribution in [0.2, 0.25) is 0 Å². The first-order valence-electron chi connectivity index (χ1n) is 16.0. The Morgan fingerprint density at radius 3 is 2.28 bits per heavy atom. The van der Waals surface area contributed by atoms with Gasteiger partial charge in [0.25, 0.3) is 15.9 Å². The normalized spacial score (nSPS) is 11.4. The van der Waals surface area contributed by atoms with Crippen molar-refractivity contribution in [2.45, 2.75) is 57.4 Å². The van der Waals surface area contributed by atoms with E-state index in [1.165, 1.54) is 12.1 Å². The Labute approximate surface area is 276 Å². The molecule has 5 aromatic rings. The number of benzene rings is 4. The van der Waals surface area contributed by atoms with Gasteiger partial charge in [0.05, 0.1) is 15.9 Å². The lowest BCUT2D eigenvalue weighted by atomic mass is 9.98. The van der Waals surface area contributed by atoms with Crippen molar-refractivity contribution < 1.29 is 18.0 Å². The molecule has 10 heteroatoms. The number of hydrogen-bond donors (Lipinski definition) is 2. The molecule has 0 fully saturated rings. The summed E-state index contributed by atoms with van der Waals surface area (Å²) >= 11 is 0. The summed E-state index contributed by atoms with van der Waals surface area (Å²) in [5.74, 6) is 0.290. The number of amides is 3. The van der Waals surface area contributed by atoms with Crippen molar-refractivity contribution >= 4 is 38.7 Å². The predicted molar refractivity (Wildman–Crippen MR) is 187 cm³/mol. The van der Waals surface area contributed by atoms with Gasteiger partial charge in [-0.25, -0.2) is 22.9 Å². The number of aryl methyl sites for hydroxylation is 1. The van der Waals surface area contributed by atoms with Crippen LogP contribution in [0.3, 0.4) is 0 Å². The molecule has 2 N–H and O–H groups in total. The molecule has 3 amide bonds. The second kappa shape index (κ2) is 15.1. The zero-order chi connectivity index (χ0) is 33.4. The second-order valence-corrected chi connectivity index (χ2v) is 13.2. The Morgan fingerprint density at radius 2 is 1.55 bits per heavy atom. The number of hydrogen-bond acceptors (Lipinski definition) is 5. The quantitative estimate of drug-likeness (QED) is 0.131. The van der Waals surface area contributed by atoms with Gasteiger partial charge < -0.3 is 9.88 Å². The standard InChI is InChI=1S/C37H41N5O4S/c1-4-6-17-35-39-33-23-22-29(41(3)37(44)38-24-7-5-2)25-34(33)42(35)26-27-18-20-28(21-19-27)31-15-11-12-16-32(31)36(43)40-47(45,46)30-13-9-8-10-14-30/h8-16,18-23,25H,4-7,17,24,26H2,1-3H3,(H,38,44)(H,40,43). The molecule has 0 spiro atoms. The zero-order valence-corrected chi connectivity index (χ0v) is 27.9. The predicted octanol–water partition coefficient (Wildman–Crippen LogP) is 7.16. The first kappa shape index (κ1) is 33.4. The van der Waals surface area contributed by atoms with Gasteiger partial charge in [0.2, 0.25) is 0 Å². The Bertz CT molecular complexity index is 1950. The lowest BCUT2D eigenvalue weighted by molar-refractivity contribution is 0.0982. The van der Waals surface area contributed by atoms with Crippen LogP contribution in [0.25, 0.3) is 22.2 Å². The third-order valence-electron chi connectivity index (χ3n) is 8.12. The Hall–Kier alpha value is -4.96. The summed E-state index contributed by atoms with van der Waals surface area (Å²) in [6.07, 6.45) is 4.83. The largest absolute Gasteiger partial charge is 0.338 e. The highest BCUT2D eigenvalue weighted by Gasteiger charge is 2.21. The lowest BCUT2D eigenvalue weighted by Gasteiger charge is -2.18. The maximum absolute atomic E-state index is 13.2. The number of unbranched alkanes of at least 4 members (excludes halogenated alkanes) is 2. The summed E-state index contributed by atoms with van der Waals surface area (Å²) in [6, 6.07) is 28.5. The van der Waals surface area contributed by atoms with Crippen LogP contribution in [0.15, 0.2) is 102 Å². The number of urea groups is 1. The van der Waals surface area contributed by atoms with Gasteiger partial charge in [-0.1, -0.05) is 87.4 Å². The molecule has 0 unspecified atom stereocenters. The molecule has 5 rings (SSSR count). The molecule has 0 bridgehead atoms. The van der Waals surface area contributed by atoms with Gasteiger partial charge in [-0.2, -0.15) is 0 Å². The molecule has 1 heterocycles. The molecule has 1 aromatic heterocycles. The number of fused-ring (bicyclic) bond motifs is 1. The van der Waals surface area contributed by atoms with Crippen LogP contribution in [-0.2, 0) is 23.0 Å². The Morgan fingerprint density at radius 1 is 0.851 bits per heavy atom. The van der Waals surface area contributed by atoms with Crippen molar-refractivity contribution in [2.24, 2.45) is 0 Å². The van der Waals surface area contributed by atoms with E-state index in [1.807, 2.05) is 54.6 Å². The number of nitrogens with zero attached hydrogens (tertiary/aromatic N) is 3. The number of nitrogens with one attached hydrogen (secondary N) is 2. The van der Waals surface area contributed by atoms with Crippen LogP contribution in [0.4, 0.5) is 10.5 Å². The highest BCUT2D eigenvalue weighted by atomic mass is 32.2. The SMILES string of the molecule is CCCCNC(=O)N(C)c1ccc2nc(CCCC)n(Cc3ccc(-c4ccccc4C(=O)NS(=O)(=O)c4ccccc4)cc3)c2c1. The highest BCUT2D eigenvalue weighted by Crippen LogP contribution is 2.28. The molecule has 244 valence electrons. The smallest absolute Gasteiger partial charge is 0.321 e. The molecule has 0 saturated heterocycles. The van der Waals surface area contributed by atoms with E-state index in [4.69, 9.17) is 4.98 Å². The van der Waals surface area contributed by atoms with E-state index in [2.05, 4.69) is 28.5 Å². The van der Waals surface area contributed by atoms with Crippen molar-refractivity contribution in [3.63, 3.8) is 0 Å². The zero-order valence-electron chi connectivity index (χ0n) is 27.1. The summed E-state index contributed by atoms with van der Waals surface area (Å²) < 4.78 is 30.1. The molecular formula is C37H41N5O4S. The van der Waals surface area contributed by atoms with E-state index >= 15 is 0 Å². The van der Waals surface area contributed by atoms with Crippen molar-refractivity contribution in [1.29, 1.82) is 0 Å². The maximum atomic E-state index is 13.2. The monoisotopic (exact) mass is 651 g/mol. The molecular weight excluding hydrogens is 611 g/mol. The fourth-order valence-electron chi connectivity index (χ4n) is 5.42. The summed E-state index contributed by atoms with van der Waals surface area (Å²) in [6.45, 7) is 5.46. The number of rotatable bonds is 13. The molecule has 9 nitrogen and oxygen atoms in total. The van der Waals surface area contributed by atoms with Crippen molar-refractivity contribution in [2.75, 3.05) is 18.5 Å². The molecule has 0 saturated carbocycles. The van der Waals surface area contributed by atoms with Gasteiger partial charge in [0.1, 0.15) is 5.82 Å². The molecule has 0 atom stereocenters. The second-order valence-electron chi connectivity index (χ2n) is 11.5. The molecule has 0 aliphatic heterocycles. The van der Waals surface area contributed by atoms with Crippen LogP contribution in [0.5, 0.6) is 0 Å². The summed E-state index contributed by atoms with van der Waals surface area (Å²) in [5, 5.41) is 2.98. The highest BCUT2D eigenvalue weighted by molar-refractivity contribution is 7.90. The van der Waals surface area contributed by atoms with E-state index in [-0.39, 0.29) is 16.5 Å². The third-order valence-corrected chi connectivity index (χ3v) is 9.47. The van der Waals surface area contributed by atoms with E-state index in [0.717, 1.165) is 65.8 Å². The lowest BCUT2D eigenvalue weighted by Crippen LogP contribution is -2.37. The van der Waals surface area contributed by atoms with Crippen LogP contribution in [0, 0.1) is 0 Å². The first-order chi connectivity index (χ1) is 22.7. The van der Waals surface area contributed by atoms with Crippen LogP contribution in [-0.4, -0.2) is 43.5 Å². The number of carbonyl (C=O) groups is 2. The average molecular weight is 652 g/mol. The van der Waals surface area contributed by atoms with Gasteiger partial charge >= 0.3 is 6.03 Å². The molecule has 4 aromatic carbocycles. The molecule has 0 aliphatic carbocycles. The van der Waals surface area contributed by atoms with Crippen LogP contribution >= 0.6 is 0 Å². The Kier molecular flexibility index (Phi) is 10.7. The summed E-state index contributed by atoms with van der Waals surface area (Å²) in [7, 11) is -2.25. The first-order valence-corrected chi connectivity index (χ1v) is 17.5. The molecule has 0 aliphatic rings. The van der Waals surface area contributed by atoms with Crippen LogP contribution in [0.1, 0.15) is 61.3 Å². The van der Waals surface area contributed by atoms with E-state index in [0.29, 0.717) is 18.7 Å². The van der Waals surface area contributed by atoms with E-state index < -0.39 is 15.9 Å². The number of anilines is 1. The number of sulfonamides is 1. The number of carbonyl (C=O) groups excluding carboxylic acids is 2. The van der Waals surface area contributed by atoms with Crippen molar-refractivity contribution in [3.8, 4) is 11.1 Å². The number of imidazole rings is 1. The van der Waals surface area contributed by atoms with Gasteiger partial charge in [-0.3, -0.25) is 9.69 Å². The van der Waals surface area contributed by atoms with E-state index in [1.54, 1.807) is 42.3 Å². The number of aromatic nitrogens is 2. The fraction of sp³-hybridized carbons (Fsp3) is 0.270. The minimum absolute atomic E-state index is 0.0227. The summed E-state index contributed by atoms with van der Waals surface area (Å²) in [5.41, 5.74) is 5.33. The van der Waals surface area contributed by atoms with Gasteiger partial charge in [0.15, 0.2) is 0 Å². The van der Waals surface area contributed by atoms with Crippen molar-refractivity contribution in [3.05, 3.63) is 114 Å². The molecule has 47 heavy (non-hydrogen) atoms. The van der Waals surface area contributed by atoms with Gasteiger partial charge in [0, 0.05) is 37.8 Å². The van der Waals surface area contributed by atoms with E-state index in [9.17, 15) is 18.0 Å². The summed E-state index contributed by atoms with van der Waals surface area (Å²) in [4.78, 5) is 32.6. The fourth-order valence-corrected chi connectivity index (χ4v) is 6.41. The Balaban J connectivity index is 1.40. The minimum atomic E-state index is -4.02. The molecule has 0 radical (unpaired) electrons.